The molecule has 0 spiro atoms. The number of likely N-dealkylation sites (N-methyl/N-ethyl adjacent to an activating group) is 1. The van der Waals surface area contributed by atoms with Crippen LogP contribution in [0.5, 0.6) is 0 Å². The van der Waals surface area contributed by atoms with Crippen molar-refractivity contribution in [1.82, 2.24) is 25.3 Å². The zero-order valence-electron chi connectivity index (χ0n) is 16.1. The lowest BCUT2D eigenvalue weighted by atomic mass is 9.75. The van der Waals surface area contributed by atoms with Gasteiger partial charge in [0.1, 0.15) is 0 Å². The summed E-state index contributed by atoms with van der Waals surface area (Å²) in [6.45, 7) is 4.67. The van der Waals surface area contributed by atoms with Crippen LogP contribution in [0, 0.1) is 11.8 Å². The van der Waals surface area contributed by atoms with Gasteiger partial charge in [-0.2, -0.15) is 5.10 Å². The number of carbonyl (C=O) groups excluding carboxylic acids is 1. The van der Waals surface area contributed by atoms with Crippen molar-refractivity contribution in [1.29, 1.82) is 0 Å². The van der Waals surface area contributed by atoms with Crippen LogP contribution < -0.4 is 10.6 Å². The van der Waals surface area contributed by atoms with Crippen LogP contribution in [0.2, 0.25) is 0 Å². The van der Waals surface area contributed by atoms with Crippen molar-refractivity contribution in [3.05, 3.63) is 18.0 Å². The minimum absolute atomic E-state index is 0.00979. The van der Waals surface area contributed by atoms with Crippen LogP contribution >= 0.6 is 0 Å². The Morgan fingerprint density at radius 3 is 2.92 bits per heavy atom. The summed E-state index contributed by atoms with van der Waals surface area (Å²) < 4.78 is 1.81. The number of nitrogens with zero attached hydrogens (tertiary/aromatic N) is 3. The molecule has 6 heteroatoms. The molecule has 2 heterocycles. The van der Waals surface area contributed by atoms with Gasteiger partial charge in [0, 0.05) is 44.3 Å². The minimum atomic E-state index is -0.00979. The fraction of sp³-hybridized carbons (Fsp3) is 0.789. The number of hydrogen-bond acceptors (Lipinski definition) is 4. The van der Waals surface area contributed by atoms with E-state index in [9.17, 15) is 4.79 Å². The monoisotopic (exact) mass is 347 g/mol. The third kappa shape index (κ3) is 3.90. The zero-order valence-corrected chi connectivity index (χ0v) is 16.1. The van der Waals surface area contributed by atoms with Crippen molar-refractivity contribution in [2.45, 2.75) is 44.1 Å². The highest BCUT2D eigenvalue weighted by Crippen LogP contribution is 2.35. The van der Waals surface area contributed by atoms with Crippen molar-refractivity contribution in [2.24, 2.45) is 18.9 Å². The van der Waals surface area contributed by atoms with Crippen LogP contribution in [0.3, 0.4) is 0 Å². The standard InChI is InChI=1S/C19H33N5O/c1-14-6-5-7-19(8-14,23(2)3)13-21-18(25)17-11-20-10-16(17)15-9-22-24(4)12-15/h9,12,14,16-17,20H,5-8,10-11,13H2,1-4H3,(H,21,25)/t14?,16-,17+,19?/m1/s1. The molecule has 1 saturated heterocycles. The van der Waals surface area contributed by atoms with Gasteiger partial charge in [-0.1, -0.05) is 19.8 Å². The molecule has 1 amide bonds. The minimum Gasteiger partial charge on any atom is -0.354 e. The highest BCUT2D eigenvalue weighted by atomic mass is 16.2. The highest BCUT2D eigenvalue weighted by molar-refractivity contribution is 5.80. The molecule has 1 saturated carbocycles. The van der Waals surface area contributed by atoms with Crippen LogP contribution in [0.15, 0.2) is 12.4 Å². The summed E-state index contributed by atoms with van der Waals surface area (Å²) in [6, 6.07) is 0. The molecule has 140 valence electrons. The Labute approximate surface area is 151 Å². The lowest BCUT2D eigenvalue weighted by Crippen LogP contribution is -2.55. The van der Waals surface area contributed by atoms with E-state index in [0.29, 0.717) is 0 Å². The van der Waals surface area contributed by atoms with E-state index in [2.05, 4.69) is 41.7 Å². The molecule has 0 radical (unpaired) electrons. The molecule has 4 atom stereocenters. The third-order valence-electron chi connectivity index (χ3n) is 6.31. The van der Waals surface area contributed by atoms with Crippen LogP contribution in [0.25, 0.3) is 0 Å². The molecule has 0 bridgehead atoms. The topological polar surface area (TPSA) is 62.2 Å². The number of rotatable bonds is 5. The number of aromatic nitrogens is 2. The molecule has 1 aromatic heterocycles. The smallest absolute Gasteiger partial charge is 0.225 e. The van der Waals surface area contributed by atoms with Gasteiger partial charge in [0.15, 0.2) is 0 Å². The molecule has 6 nitrogen and oxygen atoms in total. The van der Waals surface area contributed by atoms with Crippen LogP contribution in [0.1, 0.15) is 44.1 Å². The number of hydrogen-bond donors (Lipinski definition) is 2. The van der Waals surface area contributed by atoms with Gasteiger partial charge in [0.25, 0.3) is 0 Å². The quantitative estimate of drug-likeness (QED) is 0.844. The fourth-order valence-corrected chi connectivity index (χ4v) is 4.68. The molecule has 1 aliphatic carbocycles. The molecular formula is C19H33N5O. The maximum Gasteiger partial charge on any atom is 0.225 e. The van der Waals surface area contributed by atoms with Crippen LogP contribution in [0.4, 0.5) is 0 Å². The number of aryl methyl sites for hydroxylation is 1. The molecule has 2 fully saturated rings. The van der Waals surface area contributed by atoms with Gasteiger partial charge >= 0.3 is 0 Å². The normalized spacial score (nSPS) is 32.9. The van der Waals surface area contributed by atoms with Crippen molar-refractivity contribution in [2.75, 3.05) is 33.7 Å². The number of nitrogens with one attached hydrogen (secondary N) is 2. The van der Waals surface area contributed by atoms with E-state index in [1.165, 1.54) is 19.3 Å². The summed E-state index contributed by atoms with van der Waals surface area (Å²) in [4.78, 5) is 15.3. The molecular weight excluding hydrogens is 314 g/mol. The molecule has 0 aromatic carbocycles. The van der Waals surface area contributed by atoms with Crippen molar-refractivity contribution in [3.8, 4) is 0 Å². The van der Waals surface area contributed by atoms with Gasteiger partial charge in [-0.05, 0) is 38.4 Å². The van der Waals surface area contributed by atoms with E-state index in [1.807, 2.05) is 24.1 Å². The van der Waals surface area contributed by atoms with Gasteiger partial charge in [0.2, 0.25) is 5.91 Å². The summed E-state index contributed by atoms with van der Waals surface area (Å²) in [5, 5.41) is 10.9. The lowest BCUT2D eigenvalue weighted by Gasteiger charge is -2.45. The van der Waals surface area contributed by atoms with E-state index >= 15 is 0 Å². The molecule has 25 heavy (non-hydrogen) atoms. The van der Waals surface area contributed by atoms with Gasteiger partial charge in [-0.3, -0.25) is 9.48 Å². The molecule has 1 aromatic rings. The van der Waals surface area contributed by atoms with Crippen LogP contribution in [-0.2, 0) is 11.8 Å². The molecule has 1 aliphatic heterocycles. The van der Waals surface area contributed by atoms with E-state index in [0.717, 1.165) is 37.5 Å². The van der Waals surface area contributed by atoms with Crippen LogP contribution in [-0.4, -0.2) is 59.9 Å². The van der Waals surface area contributed by atoms with Gasteiger partial charge in [0.05, 0.1) is 12.1 Å². The summed E-state index contributed by atoms with van der Waals surface area (Å²) in [5.41, 5.74) is 1.25. The SMILES string of the molecule is CC1CCCC(CNC(=O)[C@H]2CNC[C@@H]2c2cnn(C)c2)(N(C)C)C1. The second-order valence-electron chi connectivity index (χ2n) is 8.36. The maximum atomic E-state index is 12.9. The summed E-state index contributed by atoms with van der Waals surface area (Å²) in [6.07, 6.45) is 8.80. The Morgan fingerprint density at radius 2 is 2.28 bits per heavy atom. The average Bonchev–Trinajstić information content (AvgIpc) is 3.21. The Balaban J connectivity index is 1.64. The maximum absolute atomic E-state index is 12.9. The first-order valence-corrected chi connectivity index (χ1v) is 9.56. The second-order valence-corrected chi connectivity index (χ2v) is 8.36. The van der Waals surface area contributed by atoms with E-state index < -0.39 is 0 Å². The van der Waals surface area contributed by atoms with E-state index in [4.69, 9.17) is 0 Å². The third-order valence-corrected chi connectivity index (χ3v) is 6.31. The first-order valence-electron chi connectivity index (χ1n) is 9.56. The van der Waals surface area contributed by atoms with Gasteiger partial charge in [-0.25, -0.2) is 0 Å². The van der Waals surface area contributed by atoms with E-state index in [1.54, 1.807) is 0 Å². The average molecular weight is 348 g/mol. The molecule has 2 aliphatic rings. The second kappa shape index (κ2) is 7.46. The Kier molecular flexibility index (Phi) is 5.49. The predicted octanol–water partition coefficient (Wildman–Crippen LogP) is 1.35. The largest absolute Gasteiger partial charge is 0.354 e. The van der Waals surface area contributed by atoms with Crippen molar-refractivity contribution in [3.63, 3.8) is 0 Å². The Hall–Kier alpha value is -1.40. The molecule has 2 N–H and O–H groups in total. The lowest BCUT2D eigenvalue weighted by molar-refractivity contribution is -0.125. The van der Waals surface area contributed by atoms with Gasteiger partial charge < -0.3 is 15.5 Å². The number of amides is 1. The summed E-state index contributed by atoms with van der Waals surface area (Å²) in [7, 11) is 6.23. The Bertz CT molecular complexity index is 598. The van der Waals surface area contributed by atoms with Gasteiger partial charge in [-0.15, -0.1) is 0 Å². The summed E-state index contributed by atoms with van der Waals surface area (Å²) in [5.74, 6) is 1.11. The van der Waals surface area contributed by atoms with Crippen molar-refractivity contribution < 1.29 is 4.79 Å². The zero-order chi connectivity index (χ0) is 18.0. The summed E-state index contributed by atoms with van der Waals surface area (Å²) >= 11 is 0. The number of carbonyl (C=O) groups is 1. The van der Waals surface area contributed by atoms with Crippen molar-refractivity contribution >= 4 is 5.91 Å². The fourth-order valence-electron chi connectivity index (χ4n) is 4.68. The highest BCUT2D eigenvalue weighted by Gasteiger charge is 2.39. The first kappa shape index (κ1) is 18.4. The van der Waals surface area contributed by atoms with E-state index in [-0.39, 0.29) is 23.3 Å². The molecule has 2 unspecified atom stereocenters. The Morgan fingerprint density at radius 1 is 1.48 bits per heavy atom. The first-order chi connectivity index (χ1) is 11.9. The molecule has 3 rings (SSSR count). The predicted molar refractivity (Wildman–Crippen MR) is 99.4 cm³/mol.